The largest absolute Gasteiger partial charge is 0.479 e. The Labute approximate surface area is 70.0 Å². The molecule has 0 aliphatic carbocycles. The molecule has 0 spiro atoms. The zero-order valence-corrected chi connectivity index (χ0v) is 6.70. The monoisotopic (exact) mass is 170 g/mol. The van der Waals surface area contributed by atoms with Crippen LogP contribution in [-0.4, -0.2) is 23.0 Å². The first-order chi connectivity index (χ1) is 5.61. The quantitative estimate of drug-likeness (QED) is 0.615. The molecule has 0 aromatic carbocycles. The summed E-state index contributed by atoms with van der Waals surface area (Å²) in [5.74, 6) is -1.74. The minimum Gasteiger partial charge on any atom is -0.479 e. The molecule has 0 aromatic rings. The first kappa shape index (κ1) is 10.4. The summed E-state index contributed by atoms with van der Waals surface area (Å²) in [6.45, 7) is 1.79. The van der Waals surface area contributed by atoms with E-state index in [1.54, 1.807) is 6.92 Å². The van der Waals surface area contributed by atoms with E-state index in [-0.39, 0.29) is 6.42 Å². The number of nitriles is 1. The summed E-state index contributed by atoms with van der Waals surface area (Å²) in [6.07, 6.45) is 0.870. The Bertz CT molecular complexity index is 219. The smallest absolute Gasteiger partial charge is 0.341 e. The third-order valence-corrected chi connectivity index (χ3v) is 1.16. The maximum absolute atomic E-state index is 10.8. The molecule has 0 unspecified atom stereocenters. The lowest BCUT2D eigenvalue weighted by molar-refractivity contribution is -0.140. The average molecular weight is 170 g/mol. The lowest BCUT2D eigenvalue weighted by Crippen LogP contribution is -2.39. The zero-order chi connectivity index (χ0) is 9.56. The molecule has 0 fully saturated rings. The van der Waals surface area contributed by atoms with E-state index in [1.807, 2.05) is 0 Å². The zero-order valence-electron chi connectivity index (χ0n) is 6.70. The summed E-state index contributed by atoms with van der Waals surface area (Å²) in [5, 5.41) is 18.7. The minimum atomic E-state index is -1.43. The van der Waals surface area contributed by atoms with E-state index in [2.05, 4.69) is 5.32 Å². The van der Waals surface area contributed by atoms with Gasteiger partial charge in [-0.3, -0.25) is 4.79 Å². The predicted molar refractivity (Wildman–Crippen MR) is 40.1 cm³/mol. The number of amides is 1. The molecule has 0 radical (unpaired) electrons. The van der Waals surface area contributed by atoms with E-state index in [0.29, 0.717) is 6.42 Å². The first-order valence-electron chi connectivity index (χ1n) is 3.53. The number of hydrogen-bond donors (Lipinski definition) is 2. The molecule has 0 saturated carbocycles. The highest BCUT2D eigenvalue weighted by atomic mass is 16.4. The lowest BCUT2D eigenvalue weighted by Gasteiger charge is -2.05. The predicted octanol–water partition coefficient (Wildman–Crippen LogP) is -0.121. The Morgan fingerprint density at radius 1 is 1.67 bits per heavy atom. The number of carbonyl (C=O) groups is 2. The fraction of sp³-hybridized carbons (Fsp3) is 0.571. The number of nitrogens with one attached hydrogen (secondary N) is 1. The lowest BCUT2D eigenvalue weighted by atomic mass is 10.3. The van der Waals surface area contributed by atoms with Crippen LogP contribution in [0.5, 0.6) is 0 Å². The van der Waals surface area contributed by atoms with Gasteiger partial charge in [0.1, 0.15) is 0 Å². The maximum atomic E-state index is 10.8. The summed E-state index contributed by atoms with van der Waals surface area (Å²) in [7, 11) is 0. The van der Waals surface area contributed by atoms with Gasteiger partial charge in [0.05, 0.1) is 6.07 Å². The Morgan fingerprint density at radius 2 is 2.25 bits per heavy atom. The van der Waals surface area contributed by atoms with Crippen molar-refractivity contribution in [3.8, 4) is 6.07 Å². The van der Waals surface area contributed by atoms with Crippen molar-refractivity contribution in [2.75, 3.05) is 0 Å². The van der Waals surface area contributed by atoms with Gasteiger partial charge in [0, 0.05) is 6.42 Å². The molecule has 0 aromatic heterocycles. The molecule has 5 heteroatoms. The third kappa shape index (κ3) is 3.56. The van der Waals surface area contributed by atoms with Gasteiger partial charge in [-0.1, -0.05) is 6.92 Å². The molecule has 0 rings (SSSR count). The summed E-state index contributed by atoms with van der Waals surface area (Å²) < 4.78 is 0. The second kappa shape index (κ2) is 5.13. The van der Waals surface area contributed by atoms with Crippen molar-refractivity contribution in [3.05, 3.63) is 0 Å². The summed E-state index contributed by atoms with van der Waals surface area (Å²) in [5.41, 5.74) is 0. The van der Waals surface area contributed by atoms with Crippen molar-refractivity contribution in [1.82, 2.24) is 5.32 Å². The fourth-order valence-corrected chi connectivity index (χ4v) is 0.609. The van der Waals surface area contributed by atoms with Gasteiger partial charge in [-0.2, -0.15) is 5.26 Å². The molecule has 1 atom stereocenters. The first-order valence-corrected chi connectivity index (χ1v) is 3.53. The molecule has 12 heavy (non-hydrogen) atoms. The Kier molecular flexibility index (Phi) is 4.46. The van der Waals surface area contributed by atoms with Crippen LogP contribution >= 0.6 is 0 Å². The van der Waals surface area contributed by atoms with Gasteiger partial charge in [-0.25, -0.2) is 4.79 Å². The van der Waals surface area contributed by atoms with Crippen LogP contribution in [0.3, 0.4) is 0 Å². The van der Waals surface area contributed by atoms with Crippen LogP contribution in [0, 0.1) is 11.3 Å². The molecule has 66 valence electrons. The summed E-state index contributed by atoms with van der Waals surface area (Å²) >= 11 is 0. The molecule has 0 heterocycles. The van der Waals surface area contributed by atoms with Crippen LogP contribution in [0.25, 0.3) is 0 Å². The number of aliphatic carboxylic acids is 1. The molecular formula is C7H10N2O3. The average Bonchev–Trinajstić information content (AvgIpc) is 2.00. The number of hydrogen-bond acceptors (Lipinski definition) is 3. The van der Waals surface area contributed by atoms with Crippen LogP contribution in [0.15, 0.2) is 0 Å². The molecule has 0 bridgehead atoms. The van der Waals surface area contributed by atoms with Crippen LogP contribution in [0.4, 0.5) is 0 Å². The fourth-order valence-electron chi connectivity index (χ4n) is 0.609. The highest BCUT2D eigenvalue weighted by molar-refractivity contribution is 5.85. The number of carboxylic acid groups (broad SMARTS) is 1. The molecule has 5 nitrogen and oxygen atoms in total. The molecule has 1 amide bonds. The molecule has 2 N–H and O–H groups in total. The standard InChI is InChI=1S/C7H10N2O3/c1-2-3-6(10)9-5(4-8)7(11)12/h5H,2-3H2,1H3,(H,9,10)(H,11,12)/t5-/m1/s1. The molecule has 0 saturated heterocycles. The topological polar surface area (TPSA) is 90.2 Å². The molecule has 0 aliphatic heterocycles. The van der Waals surface area contributed by atoms with E-state index in [9.17, 15) is 9.59 Å². The molecular weight excluding hydrogens is 160 g/mol. The Balaban J connectivity index is 3.97. The van der Waals surface area contributed by atoms with Crippen LogP contribution in [0.2, 0.25) is 0 Å². The van der Waals surface area contributed by atoms with Gasteiger partial charge in [-0.15, -0.1) is 0 Å². The van der Waals surface area contributed by atoms with E-state index in [0.717, 1.165) is 0 Å². The maximum Gasteiger partial charge on any atom is 0.341 e. The Morgan fingerprint density at radius 3 is 2.58 bits per heavy atom. The van der Waals surface area contributed by atoms with Crippen LogP contribution in [0.1, 0.15) is 19.8 Å². The van der Waals surface area contributed by atoms with Crippen molar-refractivity contribution in [2.45, 2.75) is 25.8 Å². The van der Waals surface area contributed by atoms with Gasteiger partial charge in [0.2, 0.25) is 11.9 Å². The number of carboxylic acids is 1. The van der Waals surface area contributed by atoms with Gasteiger partial charge in [0.25, 0.3) is 0 Å². The van der Waals surface area contributed by atoms with Crippen molar-refractivity contribution in [2.24, 2.45) is 0 Å². The van der Waals surface area contributed by atoms with Crippen molar-refractivity contribution in [3.63, 3.8) is 0 Å². The van der Waals surface area contributed by atoms with Crippen LogP contribution < -0.4 is 5.32 Å². The second-order valence-corrected chi connectivity index (χ2v) is 2.22. The second-order valence-electron chi connectivity index (χ2n) is 2.22. The number of rotatable bonds is 4. The van der Waals surface area contributed by atoms with E-state index < -0.39 is 17.9 Å². The van der Waals surface area contributed by atoms with Crippen molar-refractivity contribution >= 4 is 11.9 Å². The van der Waals surface area contributed by atoms with E-state index in [4.69, 9.17) is 10.4 Å². The minimum absolute atomic E-state index is 0.242. The summed E-state index contributed by atoms with van der Waals surface area (Å²) in [4.78, 5) is 21.0. The van der Waals surface area contributed by atoms with Gasteiger partial charge in [-0.05, 0) is 6.42 Å². The van der Waals surface area contributed by atoms with Crippen molar-refractivity contribution < 1.29 is 14.7 Å². The summed E-state index contributed by atoms with van der Waals surface area (Å²) in [6, 6.07) is 0.0325. The molecule has 0 aliphatic rings. The highest BCUT2D eigenvalue weighted by Crippen LogP contribution is 1.88. The number of nitrogens with zero attached hydrogens (tertiary/aromatic N) is 1. The normalized spacial score (nSPS) is 11.3. The van der Waals surface area contributed by atoms with Gasteiger partial charge < -0.3 is 10.4 Å². The Hall–Kier alpha value is -1.57. The van der Waals surface area contributed by atoms with Gasteiger partial charge in [0.15, 0.2) is 0 Å². The van der Waals surface area contributed by atoms with Crippen LogP contribution in [-0.2, 0) is 9.59 Å². The van der Waals surface area contributed by atoms with Crippen molar-refractivity contribution in [1.29, 1.82) is 5.26 Å². The SMILES string of the molecule is CCCC(=O)N[C@H](C#N)C(=O)O. The number of carbonyl (C=O) groups excluding carboxylic acids is 1. The van der Waals surface area contributed by atoms with E-state index >= 15 is 0 Å². The third-order valence-electron chi connectivity index (χ3n) is 1.16. The highest BCUT2D eigenvalue weighted by Gasteiger charge is 2.17. The van der Waals surface area contributed by atoms with Gasteiger partial charge >= 0.3 is 5.97 Å². The van der Waals surface area contributed by atoms with E-state index in [1.165, 1.54) is 6.07 Å².